The summed E-state index contributed by atoms with van der Waals surface area (Å²) in [5, 5.41) is 3.14. The number of halogens is 1. The van der Waals surface area contributed by atoms with Crippen LogP contribution in [0.25, 0.3) is 6.08 Å². The summed E-state index contributed by atoms with van der Waals surface area (Å²) in [6, 6.07) is 10.5. The van der Waals surface area contributed by atoms with Crippen LogP contribution < -0.4 is 19.5 Å². The highest BCUT2D eigenvalue weighted by molar-refractivity contribution is 6.32. The molecule has 0 aliphatic rings. The molecule has 2 rings (SSSR count). The van der Waals surface area contributed by atoms with Gasteiger partial charge in [-0.05, 0) is 42.8 Å². The maximum Gasteiger partial charge on any atom is 0.262 e. The first-order valence-corrected chi connectivity index (χ1v) is 8.02. The van der Waals surface area contributed by atoms with Crippen LogP contribution in [0.3, 0.4) is 0 Å². The second-order valence-electron chi connectivity index (χ2n) is 5.10. The van der Waals surface area contributed by atoms with Gasteiger partial charge in [0.1, 0.15) is 5.75 Å². The second kappa shape index (κ2) is 8.99. The van der Waals surface area contributed by atoms with Crippen LogP contribution in [0.4, 0.5) is 5.69 Å². The largest absolute Gasteiger partial charge is 0.495 e. The molecular weight excluding hydrogens is 342 g/mol. The smallest absolute Gasteiger partial charge is 0.262 e. The molecule has 6 heteroatoms. The predicted molar refractivity (Wildman–Crippen MR) is 99.8 cm³/mol. The SMILES string of the molecule is CC=Cc1ccc(OCC(=O)Nc2ccc(OC)c(Cl)c2)c(OC)c1. The highest BCUT2D eigenvalue weighted by atomic mass is 35.5. The van der Waals surface area contributed by atoms with E-state index in [0.29, 0.717) is 28.0 Å². The highest BCUT2D eigenvalue weighted by Crippen LogP contribution is 2.29. The Morgan fingerprint density at radius 3 is 2.44 bits per heavy atom. The molecule has 0 heterocycles. The van der Waals surface area contributed by atoms with E-state index in [0.717, 1.165) is 5.56 Å². The molecule has 0 saturated heterocycles. The van der Waals surface area contributed by atoms with E-state index in [1.165, 1.54) is 7.11 Å². The van der Waals surface area contributed by atoms with E-state index in [1.807, 2.05) is 31.2 Å². The molecule has 0 aromatic heterocycles. The Balaban J connectivity index is 1.99. The molecule has 5 nitrogen and oxygen atoms in total. The molecule has 0 spiro atoms. The van der Waals surface area contributed by atoms with Gasteiger partial charge in [-0.3, -0.25) is 4.79 Å². The summed E-state index contributed by atoms with van der Waals surface area (Å²) < 4.78 is 15.9. The van der Waals surface area contributed by atoms with Crippen molar-refractivity contribution in [2.45, 2.75) is 6.92 Å². The number of ether oxygens (including phenoxy) is 3. The van der Waals surface area contributed by atoms with Crippen molar-refractivity contribution in [2.75, 3.05) is 26.1 Å². The fourth-order valence-electron chi connectivity index (χ4n) is 2.18. The minimum absolute atomic E-state index is 0.150. The summed E-state index contributed by atoms with van der Waals surface area (Å²) in [5.74, 6) is 1.30. The first-order valence-electron chi connectivity index (χ1n) is 7.64. The lowest BCUT2D eigenvalue weighted by Gasteiger charge is -2.12. The van der Waals surface area contributed by atoms with Crippen molar-refractivity contribution >= 4 is 29.3 Å². The van der Waals surface area contributed by atoms with Crippen LogP contribution >= 0.6 is 11.6 Å². The lowest BCUT2D eigenvalue weighted by atomic mass is 10.2. The van der Waals surface area contributed by atoms with Crippen LogP contribution in [0.5, 0.6) is 17.2 Å². The number of rotatable bonds is 7. The van der Waals surface area contributed by atoms with Gasteiger partial charge >= 0.3 is 0 Å². The summed E-state index contributed by atoms with van der Waals surface area (Å²) in [5.41, 5.74) is 1.55. The maximum atomic E-state index is 12.1. The average Bonchev–Trinajstić information content (AvgIpc) is 2.61. The minimum atomic E-state index is -0.305. The molecular formula is C19H20ClNO4. The third-order valence-electron chi connectivity index (χ3n) is 3.34. The summed E-state index contributed by atoms with van der Waals surface area (Å²) in [6.07, 6.45) is 3.88. The molecule has 0 aliphatic heterocycles. The zero-order valence-electron chi connectivity index (χ0n) is 14.3. The number of amides is 1. The third kappa shape index (κ3) is 5.16. The normalized spacial score (nSPS) is 10.6. The maximum absolute atomic E-state index is 12.1. The van der Waals surface area contributed by atoms with Crippen LogP contribution in [0.15, 0.2) is 42.5 Å². The van der Waals surface area contributed by atoms with Gasteiger partial charge in [-0.15, -0.1) is 0 Å². The molecule has 1 amide bonds. The van der Waals surface area contributed by atoms with E-state index in [2.05, 4.69) is 5.32 Å². The number of allylic oxidation sites excluding steroid dienone is 1. The van der Waals surface area contributed by atoms with Crippen molar-refractivity contribution in [3.05, 3.63) is 53.1 Å². The van der Waals surface area contributed by atoms with Gasteiger partial charge in [0.15, 0.2) is 18.1 Å². The molecule has 0 radical (unpaired) electrons. The lowest BCUT2D eigenvalue weighted by molar-refractivity contribution is -0.118. The zero-order valence-corrected chi connectivity index (χ0v) is 15.1. The van der Waals surface area contributed by atoms with E-state index >= 15 is 0 Å². The molecule has 0 saturated carbocycles. The first-order chi connectivity index (χ1) is 12.1. The molecule has 0 aliphatic carbocycles. The Bertz CT molecular complexity index is 774. The molecule has 0 bridgehead atoms. The Kier molecular flexibility index (Phi) is 6.71. The monoisotopic (exact) mass is 361 g/mol. The van der Waals surface area contributed by atoms with Crippen molar-refractivity contribution in [1.82, 2.24) is 0 Å². The zero-order chi connectivity index (χ0) is 18.2. The van der Waals surface area contributed by atoms with E-state index in [1.54, 1.807) is 31.4 Å². The molecule has 132 valence electrons. The van der Waals surface area contributed by atoms with E-state index in [-0.39, 0.29) is 12.5 Å². The van der Waals surface area contributed by atoms with Gasteiger partial charge < -0.3 is 19.5 Å². The van der Waals surface area contributed by atoms with Gasteiger partial charge in [-0.1, -0.05) is 29.8 Å². The quantitative estimate of drug-likeness (QED) is 0.793. The van der Waals surface area contributed by atoms with Crippen LogP contribution in [-0.2, 0) is 4.79 Å². The lowest BCUT2D eigenvalue weighted by Crippen LogP contribution is -2.20. The Hall–Kier alpha value is -2.66. The van der Waals surface area contributed by atoms with E-state index in [4.69, 9.17) is 25.8 Å². The van der Waals surface area contributed by atoms with E-state index in [9.17, 15) is 4.79 Å². The Morgan fingerprint density at radius 2 is 1.80 bits per heavy atom. The predicted octanol–water partition coefficient (Wildman–Crippen LogP) is 4.41. The fraction of sp³-hybridized carbons (Fsp3) is 0.211. The minimum Gasteiger partial charge on any atom is -0.495 e. The number of carbonyl (C=O) groups excluding carboxylic acids is 1. The number of hydrogen-bond acceptors (Lipinski definition) is 4. The molecule has 0 unspecified atom stereocenters. The van der Waals surface area contributed by atoms with Crippen molar-refractivity contribution in [2.24, 2.45) is 0 Å². The topological polar surface area (TPSA) is 56.8 Å². The van der Waals surface area contributed by atoms with Crippen molar-refractivity contribution < 1.29 is 19.0 Å². The molecule has 0 atom stereocenters. The molecule has 1 N–H and O–H groups in total. The van der Waals surface area contributed by atoms with Crippen molar-refractivity contribution in [3.8, 4) is 17.2 Å². The van der Waals surface area contributed by atoms with Crippen molar-refractivity contribution in [1.29, 1.82) is 0 Å². The number of nitrogens with one attached hydrogen (secondary N) is 1. The number of hydrogen-bond donors (Lipinski definition) is 1. The second-order valence-corrected chi connectivity index (χ2v) is 5.50. The Morgan fingerprint density at radius 1 is 1.08 bits per heavy atom. The summed E-state index contributed by atoms with van der Waals surface area (Å²) in [4.78, 5) is 12.1. The molecule has 25 heavy (non-hydrogen) atoms. The van der Waals surface area contributed by atoms with Crippen LogP contribution in [0.2, 0.25) is 5.02 Å². The summed E-state index contributed by atoms with van der Waals surface area (Å²) >= 11 is 6.04. The van der Waals surface area contributed by atoms with Gasteiger partial charge in [-0.25, -0.2) is 0 Å². The van der Waals surface area contributed by atoms with Crippen LogP contribution in [0.1, 0.15) is 12.5 Å². The summed E-state index contributed by atoms with van der Waals surface area (Å²) in [7, 11) is 3.09. The standard InChI is InChI=1S/C19H20ClNO4/c1-4-5-13-6-8-17(18(10-13)24-3)25-12-19(22)21-14-7-9-16(23-2)15(20)11-14/h4-11H,12H2,1-3H3,(H,21,22). The van der Waals surface area contributed by atoms with Gasteiger partial charge in [0.2, 0.25) is 0 Å². The summed E-state index contributed by atoms with van der Waals surface area (Å²) in [6.45, 7) is 1.79. The number of carbonyl (C=O) groups is 1. The van der Waals surface area contributed by atoms with Gasteiger partial charge in [0, 0.05) is 5.69 Å². The first kappa shape index (κ1) is 18.7. The van der Waals surface area contributed by atoms with E-state index < -0.39 is 0 Å². The van der Waals surface area contributed by atoms with Crippen LogP contribution in [-0.4, -0.2) is 26.7 Å². The highest BCUT2D eigenvalue weighted by Gasteiger charge is 2.09. The molecule has 0 fully saturated rings. The Labute approximate surface area is 152 Å². The number of anilines is 1. The third-order valence-corrected chi connectivity index (χ3v) is 3.64. The van der Waals surface area contributed by atoms with Crippen molar-refractivity contribution in [3.63, 3.8) is 0 Å². The van der Waals surface area contributed by atoms with Gasteiger partial charge in [0.05, 0.1) is 19.2 Å². The molecule has 2 aromatic rings. The van der Waals surface area contributed by atoms with Gasteiger partial charge in [0.25, 0.3) is 5.91 Å². The number of benzene rings is 2. The van der Waals surface area contributed by atoms with Gasteiger partial charge in [-0.2, -0.15) is 0 Å². The average molecular weight is 362 g/mol. The number of methoxy groups -OCH3 is 2. The fourth-order valence-corrected chi connectivity index (χ4v) is 2.44. The van der Waals surface area contributed by atoms with Crippen LogP contribution in [0, 0.1) is 0 Å². The molecule has 2 aromatic carbocycles.